The van der Waals surface area contributed by atoms with Crippen LogP contribution in [0, 0.1) is 12.3 Å². The van der Waals surface area contributed by atoms with Crippen LogP contribution in [-0.2, 0) is 14.8 Å². The molecule has 2 heterocycles. The van der Waals surface area contributed by atoms with E-state index in [-0.39, 0.29) is 17.3 Å². The van der Waals surface area contributed by atoms with Gasteiger partial charge in [-0.2, -0.15) is 4.31 Å². The van der Waals surface area contributed by atoms with Crippen LogP contribution in [-0.4, -0.2) is 36.9 Å². The van der Waals surface area contributed by atoms with Crippen LogP contribution in [0.25, 0.3) is 0 Å². The highest BCUT2D eigenvalue weighted by molar-refractivity contribution is 7.91. The summed E-state index contributed by atoms with van der Waals surface area (Å²) in [7, 11) is -3.66. The Morgan fingerprint density at radius 3 is 2.71 bits per heavy atom. The summed E-state index contributed by atoms with van der Waals surface area (Å²) < 4.78 is 27.1. The second-order valence-corrected chi connectivity index (χ2v) is 9.27. The third-order valence-electron chi connectivity index (χ3n) is 3.93. The monoisotopic (exact) mass is 351 g/mol. The number of aliphatic carboxylic acids is 1. The van der Waals surface area contributed by atoms with Crippen molar-refractivity contribution in [1.29, 1.82) is 0 Å². The zero-order valence-electron chi connectivity index (χ0n) is 11.9. The normalized spacial score (nSPS) is 23.6. The molecule has 0 aliphatic carbocycles. The first-order chi connectivity index (χ1) is 9.73. The Morgan fingerprint density at radius 1 is 1.57 bits per heavy atom. The van der Waals surface area contributed by atoms with Crippen LogP contribution in [0.5, 0.6) is 0 Å². The van der Waals surface area contributed by atoms with Crippen molar-refractivity contribution in [2.24, 2.45) is 5.41 Å². The number of hydrogen-bond acceptors (Lipinski definition) is 4. The summed E-state index contributed by atoms with van der Waals surface area (Å²) in [4.78, 5) is 11.5. The number of nitrogens with zero attached hydrogens (tertiary/aromatic N) is 1. The van der Waals surface area contributed by atoms with Gasteiger partial charge < -0.3 is 5.11 Å². The van der Waals surface area contributed by atoms with E-state index in [0.717, 1.165) is 16.9 Å². The van der Waals surface area contributed by atoms with Crippen molar-refractivity contribution >= 4 is 38.9 Å². The molecule has 8 heteroatoms. The molecule has 1 aliphatic rings. The lowest BCUT2D eigenvalue weighted by molar-refractivity contribution is -0.148. The van der Waals surface area contributed by atoms with Crippen LogP contribution in [0.3, 0.4) is 0 Å². The van der Waals surface area contributed by atoms with Crippen LogP contribution < -0.4 is 0 Å². The van der Waals surface area contributed by atoms with Gasteiger partial charge in [0.15, 0.2) is 0 Å². The fourth-order valence-electron chi connectivity index (χ4n) is 2.69. The zero-order chi connectivity index (χ0) is 15.8. The van der Waals surface area contributed by atoms with Crippen LogP contribution >= 0.6 is 22.9 Å². The van der Waals surface area contributed by atoms with Gasteiger partial charge in [-0.25, -0.2) is 8.42 Å². The average Bonchev–Trinajstić information content (AvgIpc) is 2.97. The molecule has 1 aromatic rings. The van der Waals surface area contributed by atoms with E-state index < -0.39 is 21.4 Å². The minimum atomic E-state index is -3.66. The highest BCUT2D eigenvalue weighted by Gasteiger charge is 2.47. The summed E-state index contributed by atoms with van der Waals surface area (Å²) >= 11 is 6.96. The second kappa shape index (κ2) is 5.87. The molecule has 0 amide bonds. The molecule has 1 fully saturated rings. The summed E-state index contributed by atoms with van der Waals surface area (Å²) in [5, 5.41) is 9.46. The van der Waals surface area contributed by atoms with Gasteiger partial charge in [-0.3, -0.25) is 4.79 Å². The number of carboxylic acid groups (broad SMARTS) is 1. The quantitative estimate of drug-likeness (QED) is 0.884. The van der Waals surface area contributed by atoms with Crippen molar-refractivity contribution in [3.05, 3.63) is 16.0 Å². The van der Waals surface area contributed by atoms with Gasteiger partial charge in [0.1, 0.15) is 4.21 Å². The summed E-state index contributed by atoms with van der Waals surface area (Å²) in [6.45, 7) is 3.93. The fraction of sp³-hybridized carbons (Fsp3) is 0.615. The van der Waals surface area contributed by atoms with Gasteiger partial charge in [0.25, 0.3) is 10.0 Å². The Kier molecular flexibility index (Phi) is 4.68. The maximum Gasteiger partial charge on any atom is 0.311 e. The van der Waals surface area contributed by atoms with E-state index in [0.29, 0.717) is 23.6 Å². The number of sulfonamides is 1. The molecule has 5 nitrogen and oxygen atoms in total. The minimum absolute atomic E-state index is 0.0348. The lowest BCUT2D eigenvalue weighted by Gasteiger charge is -2.23. The molecule has 0 spiro atoms. The van der Waals surface area contributed by atoms with Crippen molar-refractivity contribution < 1.29 is 18.3 Å². The first-order valence-electron chi connectivity index (χ1n) is 6.72. The standard InChI is InChI=1S/C13H18ClNO4S2/c1-3-4-13(12(16)17)5-6-15(8-13)21(18,19)10-7-9(2)11(14)20-10/h7H,3-6,8H2,1-2H3,(H,16,17). The molecule has 118 valence electrons. The average molecular weight is 352 g/mol. The number of rotatable bonds is 5. The largest absolute Gasteiger partial charge is 0.481 e. The highest BCUT2D eigenvalue weighted by Crippen LogP contribution is 2.40. The molecule has 1 saturated heterocycles. The van der Waals surface area contributed by atoms with Gasteiger partial charge in [-0.15, -0.1) is 11.3 Å². The predicted molar refractivity (Wildman–Crippen MR) is 82.4 cm³/mol. The topological polar surface area (TPSA) is 74.7 Å². The second-order valence-electron chi connectivity index (χ2n) is 5.45. The minimum Gasteiger partial charge on any atom is -0.481 e. The Bertz CT molecular complexity index is 636. The number of carbonyl (C=O) groups is 1. The first-order valence-corrected chi connectivity index (χ1v) is 9.36. The molecule has 21 heavy (non-hydrogen) atoms. The molecule has 0 bridgehead atoms. The van der Waals surface area contributed by atoms with Crippen LogP contribution in [0.4, 0.5) is 0 Å². The third-order valence-corrected chi connectivity index (χ3v) is 7.78. The number of hydrogen-bond donors (Lipinski definition) is 1. The molecule has 1 aromatic heterocycles. The molecular weight excluding hydrogens is 334 g/mol. The maximum absolute atomic E-state index is 12.6. The van der Waals surface area contributed by atoms with Crippen LogP contribution in [0.2, 0.25) is 4.34 Å². The van der Waals surface area contributed by atoms with Gasteiger partial charge >= 0.3 is 5.97 Å². The van der Waals surface area contributed by atoms with Crippen LogP contribution in [0.15, 0.2) is 10.3 Å². The smallest absolute Gasteiger partial charge is 0.311 e. The molecular formula is C13H18ClNO4S2. The highest BCUT2D eigenvalue weighted by atomic mass is 35.5. The summed E-state index contributed by atoms with van der Waals surface area (Å²) in [5.41, 5.74) is -0.240. The summed E-state index contributed by atoms with van der Waals surface area (Å²) in [5.74, 6) is -0.914. The fourth-order valence-corrected chi connectivity index (χ4v) is 6.08. The van der Waals surface area contributed by atoms with E-state index in [1.807, 2.05) is 6.92 Å². The van der Waals surface area contributed by atoms with Gasteiger partial charge in [-0.1, -0.05) is 24.9 Å². The van der Waals surface area contributed by atoms with Crippen molar-refractivity contribution in [2.45, 2.75) is 37.3 Å². The van der Waals surface area contributed by atoms with E-state index >= 15 is 0 Å². The zero-order valence-corrected chi connectivity index (χ0v) is 14.3. The van der Waals surface area contributed by atoms with Crippen molar-refractivity contribution in [3.8, 4) is 0 Å². The first kappa shape index (κ1) is 16.7. The van der Waals surface area contributed by atoms with Crippen molar-refractivity contribution in [3.63, 3.8) is 0 Å². The van der Waals surface area contributed by atoms with E-state index in [1.54, 1.807) is 13.0 Å². The van der Waals surface area contributed by atoms with Crippen LogP contribution in [0.1, 0.15) is 31.7 Å². The lowest BCUT2D eigenvalue weighted by atomic mass is 9.83. The molecule has 0 radical (unpaired) electrons. The Hall–Kier alpha value is -0.630. The van der Waals surface area contributed by atoms with Gasteiger partial charge in [0, 0.05) is 13.1 Å². The van der Waals surface area contributed by atoms with Gasteiger partial charge in [0.2, 0.25) is 0 Å². The Morgan fingerprint density at radius 2 is 2.24 bits per heavy atom. The molecule has 0 saturated carbocycles. The lowest BCUT2D eigenvalue weighted by Crippen LogP contribution is -2.36. The molecule has 1 atom stereocenters. The Balaban J connectivity index is 2.29. The summed E-state index contributed by atoms with van der Waals surface area (Å²) in [6, 6.07) is 1.54. The third kappa shape index (κ3) is 2.97. The van der Waals surface area contributed by atoms with Gasteiger partial charge in [0.05, 0.1) is 9.75 Å². The molecule has 1 N–H and O–H groups in total. The van der Waals surface area contributed by atoms with Gasteiger partial charge in [-0.05, 0) is 31.4 Å². The maximum atomic E-state index is 12.6. The Labute approximate surface area is 133 Å². The summed E-state index contributed by atoms with van der Waals surface area (Å²) in [6.07, 6.45) is 1.55. The number of carboxylic acids is 1. The predicted octanol–water partition coefficient (Wildman–Crippen LogP) is 2.98. The van der Waals surface area contributed by atoms with Crippen molar-refractivity contribution in [1.82, 2.24) is 4.31 Å². The number of halogens is 1. The van der Waals surface area contributed by atoms with E-state index in [4.69, 9.17) is 11.6 Å². The van der Waals surface area contributed by atoms with E-state index in [9.17, 15) is 18.3 Å². The molecule has 0 aromatic carbocycles. The molecule has 1 unspecified atom stereocenters. The SMILES string of the molecule is CCCC1(C(=O)O)CCN(S(=O)(=O)c2cc(C)c(Cl)s2)C1. The number of aryl methyl sites for hydroxylation is 1. The molecule has 1 aliphatic heterocycles. The number of thiophene rings is 1. The van der Waals surface area contributed by atoms with E-state index in [2.05, 4.69) is 0 Å². The van der Waals surface area contributed by atoms with Crippen molar-refractivity contribution in [2.75, 3.05) is 13.1 Å². The van der Waals surface area contributed by atoms with E-state index in [1.165, 1.54) is 4.31 Å². The molecule has 2 rings (SSSR count).